The maximum atomic E-state index is 13.8. The maximum Gasteiger partial charge on any atom is 0.410 e. The van der Waals surface area contributed by atoms with Crippen LogP contribution in [0.4, 0.5) is 27.9 Å². The average molecular weight is 502 g/mol. The molecule has 0 radical (unpaired) electrons. The Balaban J connectivity index is 1.54. The highest BCUT2D eigenvalue weighted by molar-refractivity contribution is 7.80. The molecule has 0 amide bonds. The monoisotopic (exact) mass is 501 g/mol. The summed E-state index contributed by atoms with van der Waals surface area (Å²) in [6.45, 7) is 2.85. The van der Waals surface area contributed by atoms with Crippen LogP contribution in [0.5, 0.6) is 0 Å². The van der Waals surface area contributed by atoms with Crippen molar-refractivity contribution in [3.05, 3.63) is 41.2 Å². The summed E-state index contributed by atoms with van der Waals surface area (Å²) in [6, 6.07) is 1.44. The highest BCUT2D eigenvalue weighted by Crippen LogP contribution is 2.44. The predicted molar refractivity (Wildman–Crippen MR) is 121 cm³/mol. The van der Waals surface area contributed by atoms with Crippen molar-refractivity contribution in [3.8, 4) is 0 Å². The van der Waals surface area contributed by atoms with E-state index in [1.807, 2.05) is 4.90 Å². The molecule has 2 atom stereocenters. The van der Waals surface area contributed by atoms with E-state index in [9.17, 15) is 22.0 Å². The molecule has 2 aromatic rings. The number of thiocarbonyl (C=S) groups is 1. The van der Waals surface area contributed by atoms with Gasteiger partial charge in [-0.25, -0.2) is 18.5 Å². The number of alkyl halides is 3. The van der Waals surface area contributed by atoms with Gasteiger partial charge in [0.05, 0.1) is 5.84 Å². The van der Waals surface area contributed by atoms with Gasteiger partial charge in [-0.3, -0.25) is 0 Å². The number of aliphatic imine (C=N–C) groups is 1. The van der Waals surface area contributed by atoms with Gasteiger partial charge >= 0.3 is 6.18 Å². The number of rotatable bonds is 3. The number of halogens is 5. The highest BCUT2D eigenvalue weighted by atomic mass is 32.1. The quantitative estimate of drug-likeness (QED) is 0.285. The molecule has 2 unspecified atom stereocenters. The number of hydrogen-bond donors (Lipinski definition) is 2. The van der Waals surface area contributed by atoms with Crippen molar-refractivity contribution in [1.82, 2.24) is 19.7 Å². The van der Waals surface area contributed by atoms with Crippen molar-refractivity contribution < 1.29 is 22.0 Å². The normalized spacial score (nSPS) is 21.9. The van der Waals surface area contributed by atoms with Crippen LogP contribution in [-0.4, -0.2) is 55.9 Å². The number of likely N-dealkylation sites (tertiary alicyclic amines) is 1. The Bertz CT molecular complexity index is 1090. The van der Waals surface area contributed by atoms with E-state index < -0.39 is 29.8 Å². The van der Waals surface area contributed by atoms with Crippen molar-refractivity contribution in [2.45, 2.75) is 56.8 Å². The van der Waals surface area contributed by atoms with Crippen LogP contribution in [0.15, 0.2) is 23.2 Å². The number of fused-ring (bicyclic) bond motifs is 1. The fourth-order valence-corrected chi connectivity index (χ4v) is 4.73. The topological polar surface area (TPSA) is 84.4 Å². The van der Waals surface area contributed by atoms with Crippen molar-refractivity contribution in [2.24, 2.45) is 10.7 Å². The smallest absolute Gasteiger partial charge is 0.387 e. The molecule has 2 aliphatic heterocycles. The first-order valence-corrected chi connectivity index (χ1v) is 11.3. The van der Waals surface area contributed by atoms with Crippen LogP contribution in [0, 0.1) is 11.6 Å². The van der Waals surface area contributed by atoms with Gasteiger partial charge in [-0.1, -0.05) is 6.07 Å². The van der Waals surface area contributed by atoms with Gasteiger partial charge in [-0.2, -0.15) is 18.2 Å². The van der Waals surface area contributed by atoms with Gasteiger partial charge in [0.15, 0.2) is 16.7 Å². The number of nitrogens with two attached hydrogens (primary N) is 1. The minimum Gasteiger partial charge on any atom is -0.387 e. The molecule has 1 aromatic carbocycles. The van der Waals surface area contributed by atoms with Crippen molar-refractivity contribution in [2.75, 3.05) is 18.4 Å². The van der Waals surface area contributed by atoms with E-state index in [4.69, 9.17) is 18.0 Å². The molecule has 1 saturated heterocycles. The highest BCUT2D eigenvalue weighted by Gasteiger charge is 2.47. The van der Waals surface area contributed by atoms with Gasteiger partial charge in [0.25, 0.3) is 0 Å². The summed E-state index contributed by atoms with van der Waals surface area (Å²) in [6.07, 6.45) is -3.36. The summed E-state index contributed by atoms with van der Waals surface area (Å²) < 4.78 is 69.1. The van der Waals surface area contributed by atoms with Crippen LogP contribution in [0.1, 0.15) is 56.0 Å². The Hall–Kier alpha value is -2.83. The lowest BCUT2D eigenvalue weighted by atomic mass is 9.88. The fourth-order valence-electron chi connectivity index (χ4n) is 4.41. The molecule has 0 saturated carbocycles. The minimum atomic E-state index is -4.51. The van der Waals surface area contributed by atoms with E-state index in [1.165, 1.54) is 6.07 Å². The van der Waals surface area contributed by atoms with Crippen molar-refractivity contribution in [1.29, 1.82) is 0 Å². The molecule has 1 fully saturated rings. The first kappa shape index (κ1) is 24.3. The summed E-state index contributed by atoms with van der Waals surface area (Å²) in [5.41, 5.74) is 5.93. The zero-order chi connectivity index (χ0) is 24.6. The molecule has 0 spiro atoms. The first-order valence-electron chi connectivity index (χ1n) is 10.9. The van der Waals surface area contributed by atoms with E-state index in [-0.39, 0.29) is 30.7 Å². The second-order valence-corrected chi connectivity index (χ2v) is 8.91. The standard InChI is InChI=1S/C21H24F5N7S/c1-11(27)28-20(34)32-8-6-13(7-9-32)29-19-30-18-14(12-2-4-15(22)16(23)10-12)3-5-17(21(24,25)26)33(18)31-19/h2,4,10,13-14,17H,3,5-9H2,1H3,(H,29,31)(H2,27,28,34). The average Bonchev–Trinajstić information content (AvgIpc) is 3.17. The number of benzene rings is 1. The molecular weight excluding hydrogens is 477 g/mol. The minimum absolute atomic E-state index is 0.0718. The molecule has 0 bridgehead atoms. The Morgan fingerprint density at radius 1 is 1.15 bits per heavy atom. The SMILES string of the molecule is C/C(N)=N/C(=S)N1CCC(Nc2nc3n(n2)C(C(F)(F)F)CCC3c2ccc(F)c(F)c2)CC1. The Labute approximate surface area is 198 Å². The Kier molecular flexibility index (Phi) is 6.74. The zero-order valence-electron chi connectivity index (χ0n) is 18.3. The van der Waals surface area contributed by atoms with Crippen molar-refractivity contribution in [3.63, 3.8) is 0 Å². The summed E-state index contributed by atoms with van der Waals surface area (Å²) >= 11 is 5.25. The summed E-state index contributed by atoms with van der Waals surface area (Å²) in [5.74, 6) is -2.18. The lowest BCUT2D eigenvalue weighted by molar-refractivity contribution is -0.175. The predicted octanol–water partition coefficient (Wildman–Crippen LogP) is 4.12. The number of anilines is 1. The molecule has 13 heteroatoms. The second-order valence-electron chi connectivity index (χ2n) is 8.54. The summed E-state index contributed by atoms with van der Waals surface area (Å²) in [5, 5.41) is 7.66. The molecule has 184 valence electrons. The molecule has 7 nitrogen and oxygen atoms in total. The Morgan fingerprint density at radius 2 is 1.85 bits per heavy atom. The third-order valence-corrected chi connectivity index (χ3v) is 6.44. The zero-order valence-corrected chi connectivity index (χ0v) is 19.1. The lowest BCUT2D eigenvalue weighted by Gasteiger charge is -2.32. The van der Waals surface area contributed by atoms with Crippen LogP contribution < -0.4 is 11.1 Å². The van der Waals surface area contributed by atoms with E-state index in [0.717, 1.165) is 16.8 Å². The molecule has 2 aliphatic rings. The number of amidine groups is 1. The van der Waals surface area contributed by atoms with Crippen LogP contribution in [0.2, 0.25) is 0 Å². The number of hydrogen-bond acceptors (Lipinski definition) is 4. The number of aromatic nitrogens is 3. The number of piperidine rings is 1. The van der Waals surface area contributed by atoms with E-state index in [2.05, 4.69) is 20.4 Å². The molecule has 3 N–H and O–H groups in total. The fraction of sp³-hybridized carbons (Fsp3) is 0.524. The van der Waals surface area contributed by atoms with Gasteiger partial charge in [-0.15, -0.1) is 5.10 Å². The van der Waals surface area contributed by atoms with Gasteiger partial charge in [-0.05, 0) is 62.5 Å². The van der Waals surface area contributed by atoms with E-state index in [1.54, 1.807) is 6.92 Å². The molecule has 3 heterocycles. The maximum absolute atomic E-state index is 13.8. The molecule has 34 heavy (non-hydrogen) atoms. The third kappa shape index (κ3) is 5.13. The molecule has 4 rings (SSSR count). The third-order valence-electron chi connectivity index (χ3n) is 6.09. The Morgan fingerprint density at radius 3 is 2.47 bits per heavy atom. The van der Waals surface area contributed by atoms with Crippen LogP contribution in [-0.2, 0) is 0 Å². The van der Waals surface area contributed by atoms with E-state index >= 15 is 0 Å². The summed E-state index contributed by atoms with van der Waals surface area (Å²) in [7, 11) is 0. The largest absolute Gasteiger partial charge is 0.410 e. The van der Waals surface area contributed by atoms with Crippen molar-refractivity contribution >= 4 is 29.1 Å². The van der Waals surface area contributed by atoms with Crippen LogP contribution >= 0.6 is 12.2 Å². The van der Waals surface area contributed by atoms with Gasteiger partial charge < -0.3 is 16.0 Å². The summed E-state index contributed by atoms with van der Waals surface area (Å²) in [4.78, 5) is 10.4. The molecule has 1 aromatic heterocycles. The number of nitrogens with zero attached hydrogens (tertiary/aromatic N) is 5. The van der Waals surface area contributed by atoms with Crippen LogP contribution in [0.25, 0.3) is 0 Å². The van der Waals surface area contributed by atoms with Gasteiger partial charge in [0.2, 0.25) is 5.95 Å². The number of nitrogens with one attached hydrogen (secondary N) is 1. The molecule has 0 aliphatic carbocycles. The van der Waals surface area contributed by atoms with Crippen LogP contribution in [0.3, 0.4) is 0 Å². The second kappa shape index (κ2) is 9.43. The first-order chi connectivity index (χ1) is 16.0. The lowest BCUT2D eigenvalue weighted by Crippen LogP contribution is -2.41. The van der Waals surface area contributed by atoms with Gasteiger partial charge in [0, 0.05) is 25.0 Å². The van der Waals surface area contributed by atoms with E-state index in [0.29, 0.717) is 42.4 Å². The van der Waals surface area contributed by atoms with Gasteiger partial charge in [0.1, 0.15) is 11.9 Å². The molecular formula is C21H24F5N7S.